The van der Waals surface area contributed by atoms with Gasteiger partial charge in [0.2, 0.25) is 5.91 Å². The fourth-order valence-electron chi connectivity index (χ4n) is 3.55. The summed E-state index contributed by atoms with van der Waals surface area (Å²) >= 11 is 0. The average molecular weight is 330 g/mol. The monoisotopic (exact) mass is 330 g/mol. The van der Waals surface area contributed by atoms with Crippen molar-refractivity contribution in [2.45, 2.75) is 38.6 Å². The van der Waals surface area contributed by atoms with Crippen molar-refractivity contribution in [3.8, 4) is 0 Å². The first kappa shape index (κ1) is 16.9. The van der Waals surface area contributed by atoms with Crippen molar-refractivity contribution in [2.24, 2.45) is 5.92 Å². The molecular weight excluding hydrogens is 304 g/mol. The average Bonchev–Trinajstić information content (AvgIpc) is 3.14. The van der Waals surface area contributed by atoms with E-state index >= 15 is 0 Å². The second-order valence-corrected chi connectivity index (χ2v) is 6.90. The number of rotatable bonds is 4. The minimum absolute atomic E-state index is 0.0373. The number of carbonyl (C=O) groups excluding carboxylic acids is 2. The van der Waals surface area contributed by atoms with Gasteiger partial charge in [-0.1, -0.05) is 0 Å². The van der Waals surface area contributed by atoms with Gasteiger partial charge in [0.15, 0.2) is 0 Å². The summed E-state index contributed by atoms with van der Waals surface area (Å²) in [7, 11) is 0. The summed E-state index contributed by atoms with van der Waals surface area (Å²) in [4.78, 5) is 30.7. The molecule has 2 fully saturated rings. The quantitative estimate of drug-likeness (QED) is 0.867. The maximum atomic E-state index is 12.6. The number of nitrogens with zero attached hydrogens (tertiary/aromatic N) is 2. The van der Waals surface area contributed by atoms with Gasteiger partial charge in [-0.15, -0.1) is 0 Å². The molecule has 2 saturated heterocycles. The number of aryl methyl sites for hydroxylation is 1. The summed E-state index contributed by atoms with van der Waals surface area (Å²) in [6.45, 7) is 4.99. The Balaban J connectivity index is 1.52. The van der Waals surface area contributed by atoms with E-state index in [9.17, 15) is 9.59 Å². The number of amides is 2. The smallest absolute Gasteiger partial charge is 0.255 e. The molecule has 0 spiro atoms. The van der Waals surface area contributed by atoms with Gasteiger partial charge < -0.3 is 15.5 Å². The molecule has 0 aliphatic carbocycles. The van der Waals surface area contributed by atoms with Crippen LogP contribution in [0.3, 0.4) is 0 Å². The maximum absolute atomic E-state index is 12.6. The highest BCUT2D eigenvalue weighted by Gasteiger charge is 2.27. The minimum atomic E-state index is -0.0373. The molecular formula is C18H26N4O2. The molecule has 2 amide bonds. The fourth-order valence-corrected chi connectivity index (χ4v) is 3.55. The van der Waals surface area contributed by atoms with E-state index in [-0.39, 0.29) is 17.9 Å². The third-order valence-corrected chi connectivity index (χ3v) is 4.87. The summed E-state index contributed by atoms with van der Waals surface area (Å²) in [6.07, 6.45) is 7.39. The minimum Gasteiger partial charge on any atom is -0.354 e. The normalized spacial score (nSPS) is 24.0. The molecule has 130 valence electrons. The third kappa shape index (κ3) is 4.12. The molecule has 2 aliphatic rings. The lowest BCUT2D eigenvalue weighted by Gasteiger charge is -2.33. The lowest BCUT2D eigenvalue weighted by molar-refractivity contribution is -0.123. The number of piperidine rings is 1. The Hall–Kier alpha value is -1.95. The van der Waals surface area contributed by atoms with E-state index in [1.54, 1.807) is 12.4 Å². The molecule has 2 aliphatic heterocycles. The number of likely N-dealkylation sites (tertiary alicyclic amines) is 1. The molecule has 6 nitrogen and oxygen atoms in total. The number of aromatic nitrogens is 1. The zero-order valence-corrected chi connectivity index (χ0v) is 14.3. The highest BCUT2D eigenvalue weighted by atomic mass is 16.2. The van der Waals surface area contributed by atoms with Crippen molar-refractivity contribution in [1.82, 2.24) is 20.5 Å². The van der Waals surface area contributed by atoms with Crippen molar-refractivity contribution in [3.63, 3.8) is 0 Å². The molecule has 0 unspecified atom stereocenters. The van der Waals surface area contributed by atoms with Gasteiger partial charge in [0.25, 0.3) is 5.91 Å². The molecule has 3 rings (SSSR count). The van der Waals surface area contributed by atoms with E-state index < -0.39 is 0 Å². The highest BCUT2D eigenvalue weighted by molar-refractivity contribution is 5.94. The Labute approximate surface area is 143 Å². The van der Waals surface area contributed by atoms with Crippen LogP contribution in [0, 0.1) is 12.8 Å². The van der Waals surface area contributed by atoms with E-state index in [2.05, 4.69) is 15.6 Å². The molecule has 0 bridgehead atoms. The third-order valence-electron chi connectivity index (χ3n) is 4.87. The number of nitrogens with one attached hydrogen (secondary N) is 2. The van der Waals surface area contributed by atoms with Gasteiger partial charge in [-0.2, -0.15) is 0 Å². The predicted molar refractivity (Wildman–Crippen MR) is 91.6 cm³/mol. The van der Waals surface area contributed by atoms with Crippen LogP contribution in [0.25, 0.3) is 0 Å². The molecule has 0 aromatic carbocycles. The van der Waals surface area contributed by atoms with Crippen LogP contribution < -0.4 is 10.6 Å². The lowest BCUT2D eigenvalue weighted by atomic mass is 9.97. The lowest BCUT2D eigenvalue weighted by Crippen LogP contribution is -2.46. The van der Waals surface area contributed by atoms with Gasteiger partial charge in [-0.3, -0.25) is 14.6 Å². The summed E-state index contributed by atoms with van der Waals surface area (Å²) in [5.74, 6) is 0.462. The van der Waals surface area contributed by atoms with Gasteiger partial charge in [0, 0.05) is 32.0 Å². The van der Waals surface area contributed by atoms with Crippen LogP contribution in [0.1, 0.15) is 41.6 Å². The standard InChI is InChI=1S/C18H26N4O2/c1-13-8-15(11-19-9-13)18(24)22-7-3-4-14(12-22)10-21-17(23)16-5-2-6-20-16/h8-9,11,14,16,20H,2-7,10,12H2,1H3,(H,21,23)/t14-,16+/m1/s1. The van der Waals surface area contributed by atoms with Crippen molar-refractivity contribution in [3.05, 3.63) is 29.6 Å². The number of carbonyl (C=O) groups is 2. The van der Waals surface area contributed by atoms with E-state index in [0.29, 0.717) is 24.6 Å². The van der Waals surface area contributed by atoms with E-state index in [4.69, 9.17) is 0 Å². The largest absolute Gasteiger partial charge is 0.354 e. The van der Waals surface area contributed by atoms with Gasteiger partial charge in [0.1, 0.15) is 0 Å². The molecule has 6 heteroatoms. The number of hydrogen-bond acceptors (Lipinski definition) is 4. The Morgan fingerprint density at radius 2 is 2.21 bits per heavy atom. The predicted octanol–water partition coefficient (Wildman–Crippen LogP) is 1.11. The van der Waals surface area contributed by atoms with E-state index in [1.807, 2.05) is 17.9 Å². The van der Waals surface area contributed by atoms with E-state index in [1.165, 1.54) is 0 Å². The first-order valence-electron chi connectivity index (χ1n) is 8.85. The zero-order chi connectivity index (χ0) is 16.9. The highest BCUT2D eigenvalue weighted by Crippen LogP contribution is 2.18. The fraction of sp³-hybridized carbons (Fsp3) is 0.611. The van der Waals surface area contributed by atoms with Crippen LogP contribution in [-0.4, -0.2) is 53.9 Å². The van der Waals surface area contributed by atoms with Crippen molar-refractivity contribution < 1.29 is 9.59 Å². The molecule has 1 aromatic heterocycles. The zero-order valence-electron chi connectivity index (χ0n) is 14.3. The van der Waals surface area contributed by atoms with Crippen LogP contribution in [0.2, 0.25) is 0 Å². The number of pyridine rings is 1. The topological polar surface area (TPSA) is 74.3 Å². The summed E-state index contributed by atoms with van der Waals surface area (Å²) in [6, 6.07) is 1.84. The van der Waals surface area contributed by atoms with Gasteiger partial charge in [-0.25, -0.2) is 0 Å². The maximum Gasteiger partial charge on any atom is 0.255 e. The Kier molecular flexibility index (Phi) is 5.45. The summed E-state index contributed by atoms with van der Waals surface area (Å²) < 4.78 is 0. The second-order valence-electron chi connectivity index (χ2n) is 6.90. The molecule has 1 aromatic rings. The van der Waals surface area contributed by atoms with Crippen molar-refractivity contribution in [1.29, 1.82) is 0 Å². The molecule has 3 heterocycles. The first-order chi connectivity index (χ1) is 11.6. The van der Waals surface area contributed by atoms with Gasteiger partial charge >= 0.3 is 0 Å². The molecule has 2 N–H and O–H groups in total. The van der Waals surface area contributed by atoms with Crippen LogP contribution >= 0.6 is 0 Å². The Bertz CT molecular complexity index is 598. The van der Waals surface area contributed by atoms with Crippen molar-refractivity contribution >= 4 is 11.8 Å². The Morgan fingerprint density at radius 3 is 2.96 bits per heavy atom. The van der Waals surface area contributed by atoms with Crippen LogP contribution in [0.15, 0.2) is 18.5 Å². The van der Waals surface area contributed by atoms with Crippen molar-refractivity contribution in [2.75, 3.05) is 26.2 Å². The van der Waals surface area contributed by atoms with Crippen LogP contribution in [-0.2, 0) is 4.79 Å². The van der Waals surface area contributed by atoms with E-state index in [0.717, 1.165) is 44.3 Å². The van der Waals surface area contributed by atoms with Crippen LogP contribution in [0.4, 0.5) is 0 Å². The molecule has 2 atom stereocenters. The second kappa shape index (κ2) is 7.75. The summed E-state index contributed by atoms with van der Waals surface area (Å²) in [5, 5.41) is 6.27. The Morgan fingerprint density at radius 1 is 1.33 bits per heavy atom. The van der Waals surface area contributed by atoms with Gasteiger partial charge in [0.05, 0.1) is 11.6 Å². The SMILES string of the molecule is Cc1cncc(C(=O)N2CCC[C@H](CNC(=O)[C@@H]3CCCN3)C2)c1. The van der Waals surface area contributed by atoms with Crippen LogP contribution in [0.5, 0.6) is 0 Å². The van der Waals surface area contributed by atoms with Gasteiger partial charge in [-0.05, 0) is 56.7 Å². The molecule has 24 heavy (non-hydrogen) atoms. The first-order valence-corrected chi connectivity index (χ1v) is 8.85. The molecule has 0 saturated carbocycles. The number of hydrogen-bond donors (Lipinski definition) is 2. The molecule has 0 radical (unpaired) electrons. The summed E-state index contributed by atoms with van der Waals surface area (Å²) in [5.41, 5.74) is 1.64.